The van der Waals surface area contributed by atoms with Crippen molar-refractivity contribution in [2.75, 3.05) is 45.3 Å². The van der Waals surface area contributed by atoms with Crippen LogP contribution in [0.1, 0.15) is 31.9 Å². The molecule has 0 saturated carbocycles. The van der Waals surface area contributed by atoms with Crippen LogP contribution >= 0.6 is 0 Å². The number of piperidine rings is 1. The highest BCUT2D eigenvalue weighted by atomic mass is 32.2. The number of carbonyl (C=O) groups is 1. The van der Waals surface area contributed by atoms with E-state index in [0.29, 0.717) is 53.6 Å². The van der Waals surface area contributed by atoms with Crippen molar-refractivity contribution < 1.29 is 31.8 Å². The van der Waals surface area contributed by atoms with E-state index in [1.54, 1.807) is 53.8 Å². The van der Waals surface area contributed by atoms with E-state index in [2.05, 4.69) is 29.8 Å². The lowest BCUT2D eigenvalue weighted by Crippen LogP contribution is -2.52. The van der Waals surface area contributed by atoms with E-state index >= 15 is 0 Å². The number of likely N-dealkylation sites (tertiary alicyclic amines) is 1. The zero-order valence-electron chi connectivity index (χ0n) is 27.0. The summed E-state index contributed by atoms with van der Waals surface area (Å²) in [7, 11) is -1.17. The fourth-order valence-corrected chi connectivity index (χ4v) is 7.92. The van der Waals surface area contributed by atoms with Gasteiger partial charge in [0, 0.05) is 34.7 Å². The van der Waals surface area contributed by atoms with Crippen molar-refractivity contribution in [2.24, 2.45) is 0 Å². The number of sulfonamides is 1. The Morgan fingerprint density at radius 2 is 1.77 bits per heavy atom. The van der Waals surface area contributed by atoms with Gasteiger partial charge in [-0.3, -0.25) is 9.36 Å². The zero-order valence-corrected chi connectivity index (χ0v) is 28.8. The predicted molar refractivity (Wildman–Crippen MR) is 172 cm³/mol. The molecule has 0 aliphatic carbocycles. The molecule has 3 heterocycles. The second-order valence-electron chi connectivity index (χ2n) is 12.4. The molecule has 1 aliphatic rings. The van der Waals surface area contributed by atoms with Gasteiger partial charge in [0.05, 0.1) is 32.1 Å². The van der Waals surface area contributed by atoms with Crippen LogP contribution in [0.3, 0.4) is 0 Å². The monoisotopic (exact) mass is 647 g/mol. The number of ether oxygens (including phenoxy) is 3. The minimum absolute atomic E-state index is 0.0367. The highest BCUT2D eigenvalue weighted by Crippen LogP contribution is 2.40. The van der Waals surface area contributed by atoms with Crippen LogP contribution in [0.2, 0.25) is 25.7 Å². The first-order valence-corrected chi connectivity index (χ1v) is 20.1. The molecule has 0 N–H and O–H groups in total. The van der Waals surface area contributed by atoms with Crippen molar-refractivity contribution in [3.05, 3.63) is 36.1 Å². The van der Waals surface area contributed by atoms with Gasteiger partial charge in [0.25, 0.3) is 0 Å². The average Bonchev–Trinajstić information content (AvgIpc) is 3.59. The number of methoxy groups -OCH3 is 3. The molecular formula is C30H45N5O7SSi. The summed E-state index contributed by atoms with van der Waals surface area (Å²) in [5.41, 5.74) is 0.439. The Hall–Kier alpha value is -3.36. The van der Waals surface area contributed by atoms with E-state index in [4.69, 9.17) is 18.6 Å². The summed E-state index contributed by atoms with van der Waals surface area (Å²) in [4.78, 5) is 14.6. The van der Waals surface area contributed by atoms with Gasteiger partial charge >= 0.3 is 0 Å². The highest BCUT2D eigenvalue weighted by Gasteiger charge is 2.39. The molecule has 1 amide bonds. The Morgan fingerprint density at radius 3 is 2.34 bits per heavy atom. The van der Waals surface area contributed by atoms with Crippen molar-refractivity contribution in [1.82, 2.24) is 19.7 Å². The van der Waals surface area contributed by atoms with Crippen LogP contribution in [-0.4, -0.2) is 94.4 Å². The van der Waals surface area contributed by atoms with E-state index in [-0.39, 0.29) is 31.0 Å². The minimum Gasteiger partial charge on any atom is -0.494 e. The van der Waals surface area contributed by atoms with Crippen LogP contribution in [0, 0.1) is 6.92 Å². The molecule has 12 nitrogen and oxygen atoms in total. The molecule has 3 aromatic rings. The number of anilines is 1. The smallest absolute Gasteiger partial charge is 0.246 e. The molecule has 0 spiro atoms. The van der Waals surface area contributed by atoms with Crippen molar-refractivity contribution in [3.8, 4) is 28.8 Å². The lowest BCUT2D eigenvalue weighted by atomic mass is 10.0. The van der Waals surface area contributed by atoms with Gasteiger partial charge in [-0.25, -0.2) is 12.7 Å². The van der Waals surface area contributed by atoms with Crippen LogP contribution < -0.4 is 13.8 Å². The lowest BCUT2D eigenvalue weighted by molar-refractivity contribution is -0.137. The molecule has 2 unspecified atom stereocenters. The van der Waals surface area contributed by atoms with Gasteiger partial charge in [0.1, 0.15) is 22.9 Å². The van der Waals surface area contributed by atoms with E-state index in [0.717, 1.165) is 12.8 Å². The summed E-state index contributed by atoms with van der Waals surface area (Å²) in [6.07, 6.45) is 1.91. The van der Waals surface area contributed by atoms with Crippen LogP contribution in [0.5, 0.6) is 11.5 Å². The van der Waals surface area contributed by atoms with E-state index < -0.39 is 23.3 Å². The Balaban J connectivity index is 1.90. The zero-order chi connectivity index (χ0) is 32.2. The first kappa shape index (κ1) is 33.5. The molecule has 44 heavy (non-hydrogen) atoms. The maximum atomic E-state index is 14.6. The molecule has 14 heteroatoms. The SMILES string of the molecule is COCC1CCCC(=O)N1CC(C)S(=O)(=O)N(CC[Si](C)(C)C)c1nnc(-c2ccc(C)o2)n1-c1c(OC)cccc1OC. The van der Waals surface area contributed by atoms with Gasteiger partial charge in [-0.2, -0.15) is 0 Å². The second kappa shape index (κ2) is 13.7. The molecule has 0 bridgehead atoms. The molecule has 4 rings (SSSR count). The Bertz CT molecular complexity index is 1520. The molecule has 1 aliphatic heterocycles. The van der Waals surface area contributed by atoms with Gasteiger partial charge in [-0.15, -0.1) is 10.2 Å². The number of para-hydroxylation sites is 1. The van der Waals surface area contributed by atoms with Crippen molar-refractivity contribution >= 4 is 30.0 Å². The number of hydrogen-bond donors (Lipinski definition) is 0. The molecule has 1 fully saturated rings. The molecule has 1 aromatic carbocycles. The maximum absolute atomic E-state index is 14.6. The predicted octanol–water partition coefficient (Wildman–Crippen LogP) is 4.74. The molecule has 2 aromatic heterocycles. The normalized spacial score (nSPS) is 16.7. The molecule has 2 atom stereocenters. The molecule has 0 radical (unpaired) electrons. The molecule has 1 saturated heterocycles. The lowest BCUT2D eigenvalue weighted by Gasteiger charge is -2.38. The fraction of sp³-hybridized carbons (Fsp3) is 0.567. The number of furan rings is 1. The van der Waals surface area contributed by atoms with Gasteiger partial charge in [0.15, 0.2) is 5.76 Å². The second-order valence-corrected chi connectivity index (χ2v) is 20.3. The Labute approximate surface area is 261 Å². The summed E-state index contributed by atoms with van der Waals surface area (Å²) >= 11 is 0. The van der Waals surface area contributed by atoms with Gasteiger partial charge < -0.3 is 23.5 Å². The number of aryl methyl sites for hydroxylation is 1. The summed E-state index contributed by atoms with van der Waals surface area (Å²) < 4.78 is 55.0. The van der Waals surface area contributed by atoms with Crippen LogP contribution in [0.15, 0.2) is 34.7 Å². The third-order valence-electron chi connectivity index (χ3n) is 7.84. The Kier molecular flexibility index (Phi) is 10.5. The third-order valence-corrected chi connectivity index (χ3v) is 11.7. The average molecular weight is 648 g/mol. The van der Waals surface area contributed by atoms with E-state index in [9.17, 15) is 13.2 Å². The van der Waals surface area contributed by atoms with Gasteiger partial charge in [-0.05, 0) is 57.0 Å². The van der Waals surface area contributed by atoms with Gasteiger partial charge in [0.2, 0.25) is 27.7 Å². The first-order valence-electron chi connectivity index (χ1n) is 14.9. The number of carbonyl (C=O) groups excluding carboxylic acids is 1. The summed E-state index contributed by atoms with van der Waals surface area (Å²) in [6, 6.07) is 9.38. The van der Waals surface area contributed by atoms with Crippen molar-refractivity contribution in [2.45, 2.75) is 70.1 Å². The van der Waals surface area contributed by atoms with E-state index in [1.807, 2.05) is 6.92 Å². The topological polar surface area (TPSA) is 129 Å². The molecular weight excluding hydrogens is 603 g/mol. The van der Waals surface area contributed by atoms with Crippen LogP contribution in [-0.2, 0) is 19.6 Å². The van der Waals surface area contributed by atoms with Crippen molar-refractivity contribution in [3.63, 3.8) is 0 Å². The number of amides is 1. The highest BCUT2D eigenvalue weighted by molar-refractivity contribution is 7.93. The fourth-order valence-electron chi connectivity index (χ4n) is 5.38. The minimum atomic E-state index is -4.09. The van der Waals surface area contributed by atoms with Gasteiger partial charge in [-0.1, -0.05) is 25.7 Å². The summed E-state index contributed by atoms with van der Waals surface area (Å²) in [5, 5.41) is 8.01. The van der Waals surface area contributed by atoms with Crippen LogP contribution in [0.4, 0.5) is 5.95 Å². The Morgan fingerprint density at radius 1 is 1.09 bits per heavy atom. The van der Waals surface area contributed by atoms with Crippen LogP contribution in [0.25, 0.3) is 17.3 Å². The van der Waals surface area contributed by atoms with Crippen molar-refractivity contribution in [1.29, 1.82) is 0 Å². The number of nitrogens with zero attached hydrogens (tertiary/aromatic N) is 5. The standard InChI is InChI=1S/C30H45N5O7SSi/c1-21-15-16-26(42-21)29-31-32-30(35(29)28-24(40-4)12-10-13-25(28)41-5)34(17-18-44(6,7)8)43(37,38)22(2)19-33-23(20-39-3)11-9-14-27(33)36/h10,12-13,15-16,22-23H,9,11,14,17-20H2,1-8H3. The summed E-state index contributed by atoms with van der Waals surface area (Å²) in [5.74, 6) is 2.26. The first-order chi connectivity index (χ1) is 20.8. The largest absolute Gasteiger partial charge is 0.494 e. The number of rotatable bonds is 14. The quantitative estimate of drug-likeness (QED) is 0.228. The summed E-state index contributed by atoms with van der Waals surface area (Å²) in [6.45, 7) is 10.6. The number of hydrogen-bond acceptors (Lipinski definition) is 9. The van der Waals surface area contributed by atoms with E-state index in [1.165, 1.54) is 18.5 Å². The third kappa shape index (κ3) is 7.13. The number of aromatic nitrogens is 3. The number of benzene rings is 1. The molecule has 242 valence electrons. The maximum Gasteiger partial charge on any atom is 0.246 e.